The van der Waals surface area contributed by atoms with Crippen molar-refractivity contribution < 1.29 is 66.7 Å². The summed E-state index contributed by atoms with van der Waals surface area (Å²) < 4.78 is 45.6. The standard InChI is InChI=1S/C51H78O14/c1-27(33-18-23-48(9)34(33)19-24-50(11)38(48)16-17-39-49(10)22-13-21-47(7,8)37(49)20-25-51(39,50)12)14-15-35(59-28(2)52)40(61-30(4)54)36(60-29(3)53)26-58-46-44(63-32(6)56)42-41(62-31(5)55)43(65-46)45(57)64-42/h27,33-44,46H,13-26H2,1-12H3/t27-,33-,34+,35?,36?,37+,38-,39-,40?,41+,42-,43-,44+,46+,48+,49+,50-,51-/m1/s1. The van der Waals surface area contributed by atoms with Gasteiger partial charge in [0.2, 0.25) is 0 Å². The summed E-state index contributed by atoms with van der Waals surface area (Å²) in [5.74, 6) is -0.782. The van der Waals surface area contributed by atoms with Gasteiger partial charge in [0.05, 0.1) is 6.61 Å². The first kappa shape index (κ1) is 49.6. The number of esters is 6. The van der Waals surface area contributed by atoms with E-state index in [1.165, 1.54) is 85.0 Å². The van der Waals surface area contributed by atoms with Crippen LogP contribution in [0.2, 0.25) is 0 Å². The molecule has 0 amide bonds. The highest BCUT2D eigenvalue weighted by atomic mass is 16.8. The molecule has 2 saturated heterocycles. The fourth-order valence-electron chi connectivity index (χ4n) is 16.4. The Hall–Kier alpha value is -3.26. The summed E-state index contributed by atoms with van der Waals surface area (Å²) in [5.41, 5.74) is 1.64. The number of carbonyl (C=O) groups is 6. The fourth-order valence-corrected chi connectivity index (χ4v) is 16.4. The Balaban J connectivity index is 1.06. The Labute approximate surface area is 386 Å². The summed E-state index contributed by atoms with van der Waals surface area (Å²) in [7, 11) is 0. The topological polar surface area (TPSA) is 176 Å². The van der Waals surface area contributed by atoms with E-state index in [0.717, 1.165) is 32.1 Å². The molecule has 366 valence electrons. The lowest BCUT2D eigenvalue weighted by Crippen LogP contribution is -2.65. The number of rotatable bonds is 14. The van der Waals surface area contributed by atoms with E-state index in [-0.39, 0.29) is 16.7 Å². The van der Waals surface area contributed by atoms with Gasteiger partial charge in [-0.1, -0.05) is 54.9 Å². The highest BCUT2D eigenvalue weighted by Crippen LogP contribution is 2.78. The van der Waals surface area contributed by atoms with E-state index in [1.54, 1.807) is 0 Å². The molecule has 65 heavy (non-hydrogen) atoms. The molecule has 2 bridgehead atoms. The van der Waals surface area contributed by atoms with Crippen molar-refractivity contribution in [3.8, 4) is 0 Å². The van der Waals surface area contributed by atoms with Crippen molar-refractivity contribution in [2.24, 2.45) is 62.6 Å². The number of fused-ring (bicyclic) bond motifs is 9. The van der Waals surface area contributed by atoms with E-state index in [0.29, 0.717) is 46.8 Å². The van der Waals surface area contributed by atoms with Crippen molar-refractivity contribution in [2.45, 2.75) is 216 Å². The molecule has 5 saturated carbocycles. The van der Waals surface area contributed by atoms with Crippen molar-refractivity contribution in [3.05, 3.63) is 0 Å². The zero-order valence-electron chi connectivity index (χ0n) is 41.2. The van der Waals surface area contributed by atoms with Crippen LogP contribution in [0.1, 0.15) is 167 Å². The minimum Gasteiger partial charge on any atom is -0.458 e. The van der Waals surface area contributed by atoms with Crippen molar-refractivity contribution >= 4 is 35.8 Å². The van der Waals surface area contributed by atoms with E-state index in [9.17, 15) is 28.8 Å². The third-order valence-corrected chi connectivity index (χ3v) is 19.1. The average molecular weight is 915 g/mol. The Morgan fingerprint density at radius 3 is 1.83 bits per heavy atom. The Morgan fingerprint density at radius 1 is 0.631 bits per heavy atom. The van der Waals surface area contributed by atoms with Crippen molar-refractivity contribution in [1.29, 1.82) is 0 Å². The maximum absolute atomic E-state index is 12.8. The largest absolute Gasteiger partial charge is 0.458 e. The van der Waals surface area contributed by atoms with Crippen LogP contribution in [0, 0.1) is 62.6 Å². The molecular weight excluding hydrogens is 837 g/mol. The molecule has 14 heteroatoms. The lowest BCUT2D eigenvalue weighted by molar-refractivity contribution is -0.278. The van der Waals surface area contributed by atoms with E-state index in [2.05, 4.69) is 48.5 Å². The molecule has 0 spiro atoms. The summed E-state index contributed by atoms with van der Waals surface area (Å²) in [6, 6.07) is 0. The van der Waals surface area contributed by atoms with Crippen LogP contribution in [0.5, 0.6) is 0 Å². The van der Waals surface area contributed by atoms with Gasteiger partial charge in [-0.15, -0.1) is 0 Å². The normalized spacial score (nSPS) is 41.9. The molecule has 7 rings (SSSR count). The van der Waals surface area contributed by atoms with Gasteiger partial charge in [0.25, 0.3) is 0 Å². The highest BCUT2D eigenvalue weighted by Gasteiger charge is 2.70. The second-order valence-electron chi connectivity index (χ2n) is 23.0. The molecular formula is C51H78O14. The van der Waals surface area contributed by atoms with Gasteiger partial charge in [0, 0.05) is 34.6 Å². The van der Waals surface area contributed by atoms with Crippen LogP contribution in [-0.2, 0) is 66.7 Å². The summed E-state index contributed by atoms with van der Waals surface area (Å²) in [6.45, 7) is 23.6. The van der Waals surface area contributed by atoms with Crippen LogP contribution < -0.4 is 0 Å². The van der Waals surface area contributed by atoms with Crippen LogP contribution in [0.3, 0.4) is 0 Å². The second-order valence-corrected chi connectivity index (χ2v) is 23.0. The molecule has 0 aromatic carbocycles. The van der Waals surface area contributed by atoms with Gasteiger partial charge < -0.3 is 37.9 Å². The van der Waals surface area contributed by atoms with E-state index in [1.807, 2.05) is 0 Å². The predicted octanol–water partition coefficient (Wildman–Crippen LogP) is 8.22. The highest BCUT2D eigenvalue weighted by molar-refractivity contribution is 5.80. The molecule has 18 atom stereocenters. The van der Waals surface area contributed by atoms with Gasteiger partial charge in [-0.3, -0.25) is 24.0 Å². The van der Waals surface area contributed by atoms with Gasteiger partial charge in [0.15, 0.2) is 42.9 Å². The van der Waals surface area contributed by atoms with Gasteiger partial charge >= 0.3 is 35.8 Å². The summed E-state index contributed by atoms with van der Waals surface area (Å²) in [4.78, 5) is 75.0. The molecule has 0 aromatic rings. The van der Waals surface area contributed by atoms with Gasteiger partial charge in [0.1, 0.15) is 6.10 Å². The van der Waals surface area contributed by atoms with Crippen LogP contribution in [0.4, 0.5) is 0 Å². The Kier molecular flexibility index (Phi) is 14.0. The fraction of sp³-hybridized carbons (Fsp3) is 0.882. The van der Waals surface area contributed by atoms with Crippen LogP contribution in [-0.4, -0.2) is 91.4 Å². The zero-order valence-corrected chi connectivity index (χ0v) is 41.2. The van der Waals surface area contributed by atoms with E-state index < -0.39 is 91.4 Å². The molecule has 7 aliphatic rings. The molecule has 14 nitrogen and oxygen atoms in total. The van der Waals surface area contributed by atoms with Crippen LogP contribution >= 0.6 is 0 Å². The zero-order chi connectivity index (χ0) is 47.6. The summed E-state index contributed by atoms with van der Waals surface area (Å²) >= 11 is 0. The minimum absolute atomic E-state index is 0.231. The maximum atomic E-state index is 12.8. The molecule has 2 heterocycles. The van der Waals surface area contributed by atoms with Crippen molar-refractivity contribution in [2.75, 3.05) is 6.61 Å². The first-order valence-corrected chi connectivity index (χ1v) is 24.7. The van der Waals surface area contributed by atoms with Gasteiger partial charge in [-0.25, -0.2) is 4.79 Å². The molecule has 0 aromatic heterocycles. The number of carbonyl (C=O) groups excluding carboxylic acids is 6. The SMILES string of the molecule is CC(=O)OC(CC[C@@H](C)[C@H]1CC[C@]2(C)[C@H]3CC[C@@H]4[C@@]5(C)CCCC(C)(C)[C@@H]5CC[C@@]4(C)[C@]3(C)CC[C@@H]12)C(OC(C)=O)C(CO[C@H]1O[C@H]2C(=O)O[C@@H]([C@@H]1OC(C)=O)[C@@H]2OC(C)=O)OC(C)=O. The third kappa shape index (κ3) is 8.98. The van der Waals surface area contributed by atoms with E-state index in [4.69, 9.17) is 37.9 Å². The van der Waals surface area contributed by atoms with Crippen LogP contribution in [0.15, 0.2) is 0 Å². The summed E-state index contributed by atoms with van der Waals surface area (Å²) in [5, 5.41) is 0. The first-order chi connectivity index (χ1) is 30.4. The van der Waals surface area contributed by atoms with Gasteiger partial charge in [-0.2, -0.15) is 0 Å². The summed E-state index contributed by atoms with van der Waals surface area (Å²) in [6.07, 6.45) is 4.88. The predicted molar refractivity (Wildman–Crippen MR) is 235 cm³/mol. The minimum atomic E-state index is -1.44. The lowest BCUT2D eigenvalue weighted by atomic mass is 9.32. The molecule has 0 radical (unpaired) electrons. The smallest absolute Gasteiger partial charge is 0.340 e. The van der Waals surface area contributed by atoms with Crippen LogP contribution in [0.25, 0.3) is 0 Å². The first-order valence-electron chi connectivity index (χ1n) is 24.7. The number of ether oxygens (including phenoxy) is 8. The Bertz CT molecular complexity index is 1850. The number of hydrogen-bond acceptors (Lipinski definition) is 14. The second kappa shape index (κ2) is 18.3. The molecule has 5 aliphatic carbocycles. The van der Waals surface area contributed by atoms with E-state index >= 15 is 0 Å². The molecule has 0 N–H and O–H groups in total. The molecule has 2 aliphatic heterocycles. The molecule has 3 unspecified atom stereocenters. The third-order valence-electron chi connectivity index (χ3n) is 19.1. The van der Waals surface area contributed by atoms with Crippen molar-refractivity contribution in [1.82, 2.24) is 0 Å². The monoisotopic (exact) mass is 915 g/mol. The quantitative estimate of drug-likeness (QED) is 0.120. The average Bonchev–Trinajstić information content (AvgIpc) is 3.65. The lowest BCUT2D eigenvalue weighted by Gasteiger charge is -2.73. The van der Waals surface area contributed by atoms with Gasteiger partial charge in [-0.05, 0) is 140 Å². The maximum Gasteiger partial charge on any atom is 0.340 e. The number of hydrogen-bond donors (Lipinski definition) is 0. The van der Waals surface area contributed by atoms with Crippen molar-refractivity contribution in [3.63, 3.8) is 0 Å². The molecule has 7 fully saturated rings. The Morgan fingerprint density at radius 2 is 1.22 bits per heavy atom.